The molecule has 2 N–H and O–H groups in total. The Labute approximate surface area is 133 Å². The first kappa shape index (κ1) is 15.5. The van der Waals surface area contributed by atoms with E-state index >= 15 is 0 Å². The lowest BCUT2D eigenvalue weighted by atomic mass is 10.1. The standard InChI is InChI=1S/C16H20N4O3/c21-15-18-14(17-9-6-12-4-2-1-3-5-12)19-16(22)20(15)13-7-10-23-11-8-13/h1-5,13H,6-11H2,(H2,17,18,19,21,22). The Bertz CT molecular complexity index is 717. The fourth-order valence-corrected chi connectivity index (χ4v) is 2.74. The molecule has 0 unspecified atom stereocenters. The van der Waals surface area contributed by atoms with E-state index in [1.165, 1.54) is 10.1 Å². The van der Waals surface area contributed by atoms with E-state index in [1.807, 2.05) is 30.3 Å². The highest BCUT2D eigenvalue weighted by molar-refractivity contribution is 5.23. The van der Waals surface area contributed by atoms with Crippen molar-refractivity contribution in [3.63, 3.8) is 0 Å². The van der Waals surface area contributed by atoms with E-state index in [9.17, 15) is 9.59 Å². The van der Waals surface area contributed by atoms with Crippen molar-refractivity contribution in [3.05, 3.63) is 56.9 Å². The van der Waals surface area contributed by atoms with E-state index in [-0.39, 0.29) is 12.0 Å². The summed E-state index contributed by atoms with van der Waals surface area (Å²) in [6.45, 7) is 1.72. The van der Waals surface area contributed by atoms with Gasteiger partial charge in [0.15, 0.2) is 0 Å². The van der Waals surface area contributed by atoms with Crippen molar-refractivity contribution in [2.24, 2.45) is 0 Å². The average molecular weight is 316 g/mol. The van der Waals surface area contributed by atoms with Crippen LogP contribution in [-0.2, 0) is 11.2 Å². The summed E-state index contributed by atoms with van der Waals surface area (Å²) in [5.74, 6) is 0.222. The molecular weight excluding hydrogens is 296 g/mol. The molecule has 1 aromatic carbocycles. The number of nitrogens with zero attached hydrogens (tertiary/aromatic N) is 2. The van der Waals surface area contributed by atoms with Crippen LogP contribution in [0.3, 0.4) is 0 Å². The SMILES string of the molecule is O=c1nc(NCCc2ccccc2)[nH]c(=O)n1C1CCOCC1. The normalized spacial score (nSPS) is 15.5. The van der Waals surface area contributed by atoms with Gasteiger partial charge in [-0.15, -0.1) is 0 Å². The zero-order chi connectivity index (χ0) is 16.1. The Hall–Kier alpha value is -2.41. The average Bonchev–Trinajstić information content (AvgIpc) is 2.56. The molecule has 2 heterocycles. The van der Waals surface area contributed by atoms with Crippen LogP contribution in [0, 0.1) is 0 Å². The van der Waals surface area contributed by atoms with Crippen molar-refractivity contribution in [2.75, 3.05) is 25.1 Å². The smallest absolute Gasteiger partial charge is 0.355 e. The van der Waals surface area contributed by atoms with E-state index in [0.29, 0.717) is 32.6 Å². The molecule has 7 nitrogen and oxygen atoms in total. The number of hydrogen-bond donors (Lipinski definition) is 2. The summed E-state index contributed by atoms with van der Waals surface area (Å²) in [7, 11) is 0. The number of aromatic amines is 1. The molecule has 0 aliphatic carbocycles. The van der Waals surface area contributed by atoms with Crippen molar-refractivity contribution in [1.82, 2.24) is 14.5 Å². The first-order valence-electron chi connectivity index (χ1n) is 7.82. The maximum atomic E-state index is 12.2. The summed E-state index contributed by atoms with van der Waals surface area (Å²) in [6.07, 6.45) is 2.10. The van der Waals surface area contributed by atoms with Gasteiger partial charge in [-0.1, -0.05) is 30.3 Å². The molecule has 1 aliphatic heterocycles. The third kappa shape index (κ3) is 3.87. The van der Waals surface area contributed by atoms with Gasteiger partial charge in [-0.05, 0) is 24.8 Å². The fourth-order valence-electron chi connectivity index (χ4n) is 2.74. The Morgan fingerprint density at radius 2 is 1.96 bits per heavy atom. The van der Waals surface area contributed by atoms with Crippen LogP contribution in [0.2, 0.25) is 0 Å². The molecule has 2 aromatic rings. The molecule has 0 amide bonds. The molecule has 122 valence electrons. The van der Waals surface area contributed by atoms with Gasteiger partial charge in [0.05, 0.1) is 0 Å². The van der Waals surface area contributed by atoms with E-state index in [0.717, 1.165) is 6.42 Å². The molecule has 1 fully saturated rings. The van der Waals surface area contributed by atoms with Gasteiger partial charge < -0.3 is 10.1 Å². The first-order valence-corrected chi connectivity index (χ1v) is 7.82. The van der Waals surface area contributed by atoms with Gasteiger partial charge in [0.2, 0.25) is 5.95 Å². The second kappa shape index (κ2) is 7.23. The lowest BCUT2D eigenvalue weighted by molar-refractivity contribution is 0.0670. The second-order valence-electron chi connectivity index (χ2n) is 5.55. The molecule has 1 aromatic heterocycles. The Morgan fingerprint density at radius 3 is 2.65 bits per heavy atom. The van der Waals surface area contributed by atoms with Crippen LogP contribution in [0.5, 0.6) is 0 Å². The Balaban J connectivity index is 1.67. The number of ether oxygens (including phenoxy) is 1. The lowest BCUT2D eigenvalue weighted by Gasteiger charge is -2.22. The molecule has 1 aliphatic rings. The summed E-state index contributed by atoms with van der Waals surface area (Å²) < 4.78 is 6.46. The predicted octanol–water partition coefficient (Wildman–Crippen LogP) is 0.938. The molecule has 0 bridgehead atoms. The zero-order valence-corrected chi connectivity index (χ0v) is 12.8. The third-order valence-electron chi connectivity index (χ3n) is 3.96. The number of benzene rings is 1. The van der Waals surface area contributed by atoms with Crippen molar-refractivity contribution < 1.29 is 4.74 Å². The monoisotopic (exact) mass is 316 g/mol. The molecule has 0 atom stereocenters. The van der Waals surface area contributed by atoms with E-state index in [4.69, 9.17) is 4.74 Å². The van der Waals surface area contributed by atoms with Crippen LogP contribution in [0.1, 0.15) is 24.4 Å². The minimum absolute atomic E-state index is 0.133. The van der Waals surface area contributed by atoms with E-state index < -0.39 is 11.4 Å². The zero-order valence-electron chi connectivity index (χ0n) is 12.8. The highest BCUT2D eigenvalue weighted by Gasteiger charge is 2.20. The van der Waals surface area contributed by atoms with Gasteiger partial charge in [0.1, 0.15) is 0 Å². The molecule has 0 spiro atoms. The Kier molecular flexibility index (Phi) is 4.87. The van der Waals surface area contributed by atoms with Crippen molar-refractivity contribution >= 4 is 5.95 Å². The van der Waals surface area contributed by atoms with Gasteiger partial charge in [-0.3, -0.25) is 4.98 Å². The number of rotatable bonds is 5. The number of hydrogen-bond acceptors (Lipinski definition) is 5. The topological polar surface area (TPSA) is 89.0 Å². The molecule has 3 rings (SSSR count). The molecule has 0 radical (unpaired) electrons. The maximum absolute atomic E-state index is 12.2. The van der Waals surface area contributed by atoms with Crippen LogP contribution in [-0.4, -0.2) is 34.3 Å². The number of anilines is 1. The largest absolute Gasteiger partial charge is 0.381 e. The van der Waals surface area contributed by atoms with Gasteiger partial charge in [0, 0.05) is 25.8 Å². The van der Waals surface area contributed by atoms with Gasteiger partial charge in [-0.25, -0.2) is 14.2 Å². The molecule has 23 heavy (non-hydrogen) atoms. The minimum Gasteiger partial charge on any atom is -0.381 e. The van der Waals surface area contributed by atoms with Crippen LogP contribution in [0.15, 0.2) is 39.9 Å². The molecule has 0 saturated carbocycles. The fraction of sp³-hybridized carbons (Fsp3) is 0.438. The minimum atomic E-state index is -0.511. The highest BCUT2D eigenvalue weighted by atomic mass is 16.5. The van der Waals surface area contributed by atoms with Crippen molar-refractivity contribution in [1.29, 1.82) is 0 Å². The summed E-state index contributed by atoms with van der Waals surface area (Å²) in [6, 6.07) is 9.84. The second-order valence-corrected chi connectivity index (χ2v) is 5.55. The summed E-state index contributed by atoms with van der Waals surface area (Å²) in [4.78, 5) is 30.9. The van der Waals surface area contributed by atoms with Gasteiger partial charge >= 0.3 is 11.4 Å². The van der Waals surface area contributed by atoms with Gasteiger partial charge in [-0.2, -0.15) is 4.98 Å². The van der Waals surface area contributed by atoms with Gasteiger partial charge in [0.25, 0.3) is 0 Å². The highest BCUT2D eigenvalue weighted by Crippen LogP contribution is 2.16. The first-order chi connectivity index (χ1) is 11.2. The third-order valence-corrected chi connectivity index (χ3v) is 3.96. The van der Waals surface area contributed by atoms with Crippen molar-refractivity contribution in [2.45, 2.75) is 25.3 Å². The van der Waals surface area contributed by atoms with Crippen LogP contribution >= 0.6 is 0 Å². The number of nitrogens with one attached hydrogen (secondary N) is 2. The van der Waals surface area contributed by atoms with Crippen LogP contribution < -0.4 is 16.7 Å². The number of H-pyrrole nitrogens is 1. The molecular formula is C16H20N4O3. The van der Waals surface area contributed by atoms with Crippen LogP contribution in [0.25, 0.3) is 0 Å². The van der Waals surface area contributed by atoms with E-state index in [2.05, 4.69) is 15.3 Å². The lowest BCUT2D eigenvalue weighted by Crippen LogP contribution is -2.42. The summed E-state index contributed by atoms with van der Waals surface area (Å²) in [5.41, 5.74) is 0.250. The van der Waals surface area contributed by atoms with Crippen LogP contribution in [0.4, 0.5) is 5.95 Å². The molecule has 7 heteroatoms. The summed E-state index contributed by atoms with van der Waals surface area (Å²) >= 11 is 0. The summed E-state index contributed by atoms with van der Waals surface area (Å²) in [5, 5.41) is 3.00. The quantitative estimate of drug-likeness (QED) is 0.857. The van der Waals surface area contributed by atoms with Crippen molar-refractivity contribution in [3.8, 4) is 0 Å². The predicted molar refractivity (Wildman–Crippen MR) is 86.8 cm³/mol. The van der Waals surface area contributed by atoms with E-state index in [1.54, 1.807) is 0 Å². The number of aromatic nitrogens is 3. The Morgan fingerprint density at radius 1 is 1.22 bits per heavy atom. The maximum Gasteiger partial charge on any atom is 0.355 e. The molecule has 1 saturated heterocycles.